The van der Waals surface area contributed by atoms with Crippen molar-refractivity contribution in [2.45, 2.75) is 72.6 Å². The summed E-state index contributed by atoms with van der Waals surface area (Å²) in [4.78, 5) is 25.3. The third kappa shape index (κ3) is 6.37. The van der Waals surface area contributed by atoms with E-state index in [4.69, 9.17) is 9.47 Å². The molecule has 0 saturated heterocycles. The first-order valence-electron chi connectivity index (χ1n) is 11.6. The number of benzene rings is 2. The molecule has 1 unspecified atom stereocenters. The number of hydrogen-bond acceptors (Lipinski definition) is 4. The fourth-order valence-corrected chi connectivity index (χ4v) is 3.81. The second kappa shape index (κ2) is 11.0. The Labute approximate surface area is 196 Å². The minimum Gasteiger partial charge on any atom is -0.489 e. The highest BCUT2D eigenvalue weighted by Crippen LogP contribution is 2.31. The Hall–Kier alpha value is -3.28. The first kappa shape index (κ1) is 24.4. The van der Waals surface area contributed by atoms with Gasteiger partial charge in [-0.3, -0.25) is 0 Å². The molecule has 2 amide bonds. The number of urea groups is 1. The quantitative estimate of drug-likeness (QED) is 0.485. The molecule has 1 heterocycles. The van der Waals surface area contributed by atoms with E-state index in [0.29, 0.717) is 24.3 Å². The lowest BCUT2D eigenvalue weighted by Gasteiger charge is -2.30. The highest BCUT2D eigenvalue weighted by atomic mass is 16.5. The number of hydrogen-bond donors (Lipinski definition) is 2. The van der Waals surface area contributed by atoms with Crippen molar-refractivity contribution in [3.05, 3.63) is 76.0 Å². The van der Waals surface area contributed by atoms with E-state index in [1.165, 1.54) is 11.1 Å². The van der Waals surface area contributed by atoms with Crippen LogP contribution in [0.15, 0.2) is 53.7 Å². The van der Waals surface area contributed by atoms with Gasteiger partial charge in [0.05, 0.1) is 17.7 Å². The number of amides is 2. The summed E-state index contributed by atoms with van der Waals surface area (Å²) in [6.45, 7) is 10.3. The van der Waals surface area contributed by atoms with Crippen molar-refractivity contribution in [3.63, 3.8) is 0 Å². The molecule has 1 aliphatic rings. The Balaban J connectivity index is 1.83. The second-order valence-electron chi connectivity index (χ2n) is 8.77. The summed E-state index contributed by atoms with van der Waals surface area (Å²) in [6, 6.07) is 12.9. The van der Waals surface area contributed by atoms with Crippen LogP contribution in [-0.4, -0.2) is 18.1 Å². The average molecular weight is 451 g/mol. The molecule has 0 aliphatic carbocycles. The summed E-state index contributed by atoms with van der Waals surface area (Å²) < 4.78 is 11.5. The van der Waals surface area contributed by atoms with Crippen molar-refractivity contribution in [2.75, 3.05) is 0 Å². The van der Waals surface area contributed by atoms with Crippen molar-refractivity contribution in [2.24, 2.45) is 0 Å². The number of allylic oxidation sites excluding steroid dienone is 1. The van der Waals surface area contributed by atoms with Gasteiger partial charge in [0, 0.05) is 5.70 Å². The number of rotatable bonds is 9. The molecule has 0 fully saturated rings. The molecule has 2 N–H and O–H groups in total. The van der Waals surface area contributed by atoms with E-state index in [0.717, 1.165) is 29.7 Å². The van der Waals surface area contributed by atoms with Gasteiger partial charge in [0.15, 0.2) is 0 Å². The normalized spacial score (nSPS) is 15.8. The maximum atomic E-state index is 13.0. The van der Waals surface area contributed by atoms with Gasteiger partial charge in [-0.1, -0.05) is 49.2 Å². The zero-order valence-corrected chi connectivity index (χ0v) is 20.2. The van der Waals surface area contributed by atoms with Gasteiger partial charge in [-0.05, 0) is 69.4 Å². The molecule has 0 saturated carbocycles. The maximum Gasteiger partial charge on any atom is 0.338 e. The zero-order chi connectivity index (χ0) is 24.0. The summed E-state index contributed by atoms with van der Waals surface area (Å²) >= 11 is 0. The molecule has 0 aromatic heterocycles. The van der Waals surface area contributed by atoms with Gasteiger partial charge in [0.2, 0.25) is 0 Å². The standard InChI is InChI=1S/C27H34N2O4/c1-6-7-8-23-24(26(30)33-17(2)3)25(29-27(31)28-23)20-11-13-22(14-12-20)32-16-21-15-18(4)9-10-19(21)5/h9-15,17,25H,6-8,16H2,1-5H3,(H2,28,29,31). The molecule has 1 aliphatic heterocycles. The lowest BCUT2D eigenvalue weighted by molar-refractivity contribution is -0.143. The topological polar surface area (TPSA) is 76.7 Å². The molecule has 0 bridgehead atoms. The largest absolute Gasteiger partial charge is 0.489 e. The molecular weight excluding hydrogens is 416 g/mol. The summed E-state index contributed by atoms with van der Waals surface area (Å²) in [5.41, 5.74) is 5.42. The predicted octanol–water partition coefficient (Wildman–Crippen LogP) is 5.63. The van der Waals surface area contributed by atoms with Crippen LogP contribution in [0.25, 0.3) is 0 Å². The number of unbranched alkanes of at least 4 members (excludes halogenated alkanes) is 1. The smallest absolute Gasteiger partial charge is 0.338 e. The molecule has 1 atom stereocenters. The molecule has 176 valence electrons. The molecule has 6 nitrogen and oxygen atoms in total. The number of esters is 1. The summed E-state index contributed by atoms with van der Waals surface area (Å²) in [6.07, 6.45) is 2.18. The van der Waals surface area contributed by atoms with E-state index in [1.54, 1.807) is 0 Å². The van der Waals surface area contributed by atoms with E-state index in [1.807, 2.05) is 38.1 Å². The van der Waals surface area contributed by atoms with Gasteiger partial charge in [-0.25, -0.2) is 9.59 Å². The lowest BCUT2D eigenvalue weighted by Crippen LogP contribution is -2.46. The van der Waals surface area contributed by atoms with E-state index in [-0.39, 0.29) is 12.1 Å². The first-order chi connectivity index (χ1) is 15.8. The fourth-order valence-electron chi connectivity index (χ4n) is 3.81. The van der Waals surface area contributed by atoms with Gasteiger partial charge in [-0.2, -0.15) is 0 Å². The average Bonchev–Trinajstić information content (AvgIpc) is 2.77. The molecule has 2 aromatic carbocycles. The van der Waals surface area contributed by atoms with Crippen LogP contribution < -0.4 is 15.4 Å². The van der Waals surface area contributed by atoms with Crippen molar-refractivity contribution in [1.29, 1.82) is 0 Å². The molecule has 3 rings (SSSR count). The monoisotopic (exact) mass is 450 g/mol. The van der Waals surface area contributed by atoms with Gasteiger partial charge in [0.25, 0.3) is 0 Å². The molecule has 2 aromatic rings. The molecular formula is C27H34N2O4. The predicted molar refractivity (Wildman–Crippen MR) is 129 cm³/mol. The van der Waals surface area contributed by atoms with Gasteiger partial charge >= 0.3 is 12.0 Å². The number of carbonyl (C=O) groups is 2. The van der Waals surface area contributed by atoms with E-state index in [9.17, 15) is 9.59 Å². The van der Waals surface area contributed by atoms with Crippen LogP contribution in [0.3, 0.4) is 0 Å². The highest BCUT2D eigenvalue weighted by molar-refractivity contribution is 5.95. The van der Waals surface area contributed by atoms with Gasteiger partial charge < -0.3 is 20.1 Å². The SMILES string of the molecule is CCCCC1=C(C(=O)OC(C)C)C(c2ccc(OCc3cc(C)ccc3C)cc2)NC(=O)N1. The second-order valence-corrected chi connectivity index (χ2v) is 8.77. The van der Waals surface area contributed by atoms with Crippen LogP contribution in [0.2, 0.25) is 0 Å². The summed E-state index contributed by atoms with van der Waals surface area (Å²) in [5, 5.41) is 5.70. The van der Waals surface area contributed by atoms with Gasteiger partial charge in [-0.15, -0.1) is 0 Å². The first-order valence-corrected chi connectivity index (χ1v) is 11.6. The van der Waals surface area contributed by atoms with Crippen LogP contribution in [0, 0.1) is 13.8 Å². The molecule has 33 heavy (non-hydrogen) atoms. The number of ether oxygens (including phenoxy) is 2. The Morgan fingerprint density at radius 3 is 2.48 bits per heavy atom. The number of carbonyl (C=O) groups excluding carboxylic acids is 2. The van der Waals surface area contributed by atoms with Crippen molar-refractivity contribution >= 4 is 12.0 Å². The van der Waals surface area contributed by atoms with E-state index >= 15 is 0 Å². The summed E-state index contributed by atoms with van der Waals surface area (Å²) in [5.74, 6) is 0.310. The van der Waals surface area contributed by atoms with Crippen molar-refractivity contribution in [3.8, 4) is 5.75 Å². The van der Waals surface area contributed by atoms with Crippen LogP contribution in [0.4, 0.5) is 4.79 Å². The van der Waals surface area contributed by atoms with Crippen molar-refractivity contribution < 1.29 is 19.1 Å². The molecule has 6 heteroatoms. The molecule has 0 radical (unpaired) electrons. The Bertz CT molecular complexity index is 1020. The molecule has 0 spiro atoms. The van der Waals surface area contributed by atoms with Gasteiger partial charge in [0.1, 0.15) is 12.4 Å². The summed E-state index contributed by atoms with van der Waals surface area (Å²) in [7, 11) is 0. The minimum absolute atomic E-state index is 0.253. The Kier molecular flexibility index (Phi) is 8.15. The minimum atomic E-state index is -0.579. The Morgan fingerprint density at radius 2 is 1.82 bits per heavy atom. The Morgan fingerprint density at radius 1 is 1.09 bits per heavy atom. The number of nitrogens with one attached hydrogen (secondary N) is 2. The van der Waals surface area contributed by atoms with Crippen LogP contribution in [0.1, 0.15) is 68.3 Å². The third-order valence-electron chi connectivity index (χ3n) is 5.61. The fraction of sp³-hybridized carbons (Fsp3) is 0.407. The van der Waals surface area contributed by atoms with Crippen LogP contribution in [-0.2, 0) is 16.1 Å². The third-order valence-corrected chi connectivity index (χ3v) is 5.61. The van der Waals surface area contributed by atoms with E-state index < -0.39 is 12.0 Å². The number of aryl methyl sites for hydroxylation is 2. The zero-order valence-electron chi connectivity index (χ0n) is 20.2. The van der Waals surface area contributed by atoms with Crippen molar-refractivity contribution in [1.82, 2.24) is 10.6 Å². The highest BCUT2D eigenvalue weighted by Gasteiger charge is 2.33. The van der Waals surface area contributed by atoms with Crippen LogP contribution in [0.5, 0.6) is 5.75 Å². The lowest BCUT2D eigenvalue weighted by atomic mass is 9.93. The van der Waals surface area contributed by atoms with Crippen LogP contribution >= 0.6 is 0 Å². The van der Waals surface area contributed by atoms with E-state index in [2.05, 4.69) is 49.6 Å². The maximum absolute atomic E-state index is 13.0.